The van der Waals surface area contributed by atoms with Crippen molar-refractivity contribution in [2.45, 2.75) is 25.4 Å². The highest BCUT2D eigenvalue weighted by atomic mass is 19.4. The number of amides is 1. The minimum atomic E-state index is -5.01. The van der Waals surface area contributed by atoms with Crippen LogP contribution >= 0.6 is 0 Å². The summed E-state index contributed by atoms with van der Waals surface area (Å²) in [6.07, 6.45) is -9.35. The summed E-state index contributed by atoms with van der Waals surface area (Å²) in [5.41, 5.74) is -3.71. The third kappa shape index (κ3) is 3.98. The number of carbonyl (C=O) groups excluding carboxylic acids is 1. The van der Waals surface area contributed by atoms with Crippen LogP contribution in [0.5, 0.6) is 0 Å². The highest BCUT2D eigenvalue weighted by molar-refractivity contribution is 5.95. The van der Waals surface area contributed by atoms with Gasteiger partial charge >= 0.3 is 12.4 Å². The normalized spacial score (nSPS) is 18.4. The number of nitrogens with zero attached hydrogens (tertiary/aromatic N) is 3. The highest BCUT2D eigenvalue weighted by Gasteiger charge is 2.42. The fourth-order valence-electron chi connectivity index (χ4n) is 2.96. The van der Waals surface area contributed by atoms with E-state index >= 15 is 0 Å². The zero-order chi connectivity index (χ0) is 20.7. The van der Waals surface area contributed by atoms with Crippen molar-refractivity contribution in [1.29, 1.82) is 0 Å². The van der Waals surface area contributed by atoms with Gasteiger partial charge < -0.3 is 9.64 Å². The third-order valence-electron chi connectivity index (χ3n) is 4.21. The molecule has 1 aliphatic rings. The molecule has 3 rings (SSSR count). The molecule has 1 fully saturated rings. The lowest BCUT2D eigenvalue weighted by Crippen LogP contribution is -2.45. The van der Waals surface area contributed by atoms with E-state index in [-0.39, 0.29) is 25.8 Å². The van der Waals surface area contributed by atoms with Crippen molar-refractivity contribution in [3.8, 4) is 5.69 Å². The number of alkyl halides is 6. The van der Waals surface area contributed by atoms with Crippen molar-refractivity contribution in [2.24, 2.45) is 0 Å². The maximum absolute atomic E-state index is 13.7. The highest BCUT2D eigenvalue weighted by Crippen LogP contribution is 2.36. The molecule has 11 heteroatoms. The van der Waals surface area contributed by atoms with Gasteiger partial charge in [-0.3, -0.25) is 4.79 Å². The van der Waals surface area contributed by atoms with Crippen molar-refractivity contribution in [3.63, 3.8) is 0 Å². The van der Waals surface area contributed by atoms with Crippen LogP contribution in [0.2, 0.25) is 0 Å². The lowest BCUT2D eigenvalue weighted by atomic mass is 10.1. The van der Waals surface area contributed by atoms with Crippen LogP contribution in [0.4, 0.5) is 26.3 Å². The average molecular weight is 407 g/mol. The second-order valence-electron chi connectivity index (χ2n) is 6.30. The Morgan fingerprint density at radius 2 is 1.89 bits per heavy atom. The number of carbonyl (C=O) groups is 1. The molecular formula is C17H15F6N3O2. The van der Waals surface area contributed by atoms with Gasteiger partial charge in [0.05, 0.1) is 35.7 Å². The molecule has 1 saturated heterocycles. The van der Waals surface area contributed by atoms with Gasteiger partial charge in [0.2, 0.25) is 0 Å². The van der Waals surface area contributed by atoms with E-state index < -0.39 is 40.8 Å². The molecule has 28 heavy (non-hydrogen) atoms. The second-order valence-corrected chi connectivity index (χ2v) is 6.30. The predicted octanol–water partition coefficient (Wildman–Crippen LogP) is 3.77. The first-order valence-corrected chi connectivity index (χ1v) is 8.22. The van der Waals surface area contributed by atoms with E-state index in [0.29, 0.717) is 10.7 Å². The van der Waals surface area contributed by atoms with Gasteiger partial charge in [0, 0.05) is 13.1 Å². The molecule has 0 radical (unpaired) electrons. The van der Waals surface area contributed by atoms with E-state index in [2.05, 4.69) is 5.10 Å². The molecule has 1 aliphatic heterocycles. The first-order valence-electron chi connectivity index (χ1n) is 8.22. The summed E-state index contributed by atoms with van der Waals surface area (Å²) in [5.74, 6) is -0.902. The lowest BCUT2D eigenvalue weighted by Gasteiger charge is -2.31. The van der Waals surface area contributed by atoms with Crippen molar-refractivity contribution < 1.29 is 35.9 Å². The van der Waals surface area contributed by atoms with E-state index in [4.69, 9.17) is 4.74 Å². The maximum atomic E-state index is 13.7. The van der Waals surface area contributed by atoms with Crippen molar-refractivity contribution in [1.82, 2.24) is 14.7 Å². The summed E-state index contributed by atoms with van der Waals surface area (Å²) < 4.78 is 85.4. The fourth-order valence-corrected chi connectivity index (χ4v) is 2.96. The van der Waals surface area contributed by atoms with Gasteiger partial charge in [0.1, 0.15) is 0 Å². The summed E-state index contributed by atoms with van der Waals surface area (Å²) in [6, 6.07) is 3.32. The fraction of sp³-hybridized carbons (Fsp3) is 0.412. The quantitative estimate of drug-likeness (QED) is 0.713. The molecule has 2 heterocycles. The third-order valence-corrected chi connectivity index (χ3v) is 4.21. The largest absolute Gasteiger partial charge is 0.434 e. The molecule has 0 N–H and O–H groups in total. The number of halogens is 6. The van der Waals surface area contributed by atoms with Crippen LogP contribution < -0.4 is 0 Å². The summed E-state index contributed by atoms with van der Waals surface area (Å²) in [6.45, 7) is 2.06. The summed E-state index contributed by atoms with van der Waals surface area (Å²) in [7, 11) is 0. The van der Waals surface area contributed by atoms with E-state index in [1.165, 1.54) is 4.90 Å². The SMILES string of the molecule is C[C@@H]1CN(C(=O)c2cnn(-c3cccc(C(F)(F)F)c3)c2C(F)(F)F)CCO1. The van der Waals surface area contributed by atoms with Crippen LogP contribution in [0.3, 0.4) is 0 Å². The van der Waals surface area contributed by atoms with Gasteiger partial charge in [0.15, 0.2) is 5.69 Å². The zero-order valence-corrected chi connectivity index (χ0v) is 14.5. The Morgan fingerprint density at radius 1 is 1.18 bits per heavy atom. The molecule has 1 aromatic heterocycles. The van der Waals surface area contributed by atoms with Crippen molar-refractivity contribution in [2.75, 3.05) is 19.7 Å². The summed E-state index contributed by atoms with van der Waals surface area (Å²) >= 11 is 0. The Labute approximate surface area is 155 Å². The van der Waals surface area contributed by atoms with Gasteiger partial charge in [-0.2, -0.15) is 31.4 Å². The van der Waals surface area contributed by atoms with E-state index in [1.807, 2.05) is 0 Å². The number of aromatic nitrogens is 2. The number of benzene rings is 1. The number of hydrogen-bond acceptors (Lipinski definition) is 3. The minimum absolute atomic E-state index is 0.102. The molecule has 0 aliphatic carbocycles. The van der Waals surface area contributed by atoms with Crippen LogP contribution in [0.25, 0.3) is 5.69 Å². The van der Waals surface area contributed by atoms with Crippen LogP contribution in [0.1, 0.15) is 28.5 Å². The monoisotopic (exact) mass is 407 g/mol. The van der Waals surface area contributed by atoms with Gasteiger partial charge in [-0.05, 0) is 25.1 Å². The predicted molar refractivity (Wildman–Crippen MR) is 84.9 cm³/mol. The molecule has 0 spiro atoms. The maximum Gasteiger partial charge on any atom is 0.434 e. The minimum Gasteiger partial charge on any atom is -0.375 e. The van der Waals surface area contributed by atoms with Crippen LogP contribution in [0, 0.1) is 0 Å². The van der Waals surface area contributed by atoms with Crippen molar-refractivity contribution in [3.05, 3.63) is 47.3 Å². The van der Waals surface area contributed by atoms with Crippen LogP contribution in [-0.4, -0.2) is 46.4 Å². The lowest BCUT2D eigenvalue weighted by molar-refractivity contribution is -0.143. The Morgan fingerprint density at radius 3 is 2.50 bits per heavy atom. The Kier molecular flexibility index (Phi) is 5.13. The molecule has 152 valence electrons. The molecule has 2 aromatic rings. The Hall–Kier alpha value is -2.56. The number of rotatable bonds is 2. The van der Waals surface area contributed by atoms with E-state index in [1.54, 1.807) is 6.92 Å². The number of morpholine rings is 1. The van der Waals surface area contributed by atoms with Gasteiger partial charge in [-0.1, -0.05) is 6.07 Å². The second kappa shape index (κ2) is 7.12. The number of hydrogen-bond donors (Lipinski definition) is 0. The number of ether oxygens (including phenoxy) is 1. The average Bonchev–Trinajstić information content (AvgIpc) is 3.06. The van der Waals surface area contributed by atoms with E-state index in [9.17, 15) is 31.1 Å². The topological polar surface area (TPSA) is 47.4 Å². The van der Waals surface area contributed by atoms with E-state index in [0.717, 1.165) is 24.4 Å². The van der Waals surface area contributed by atoms with Crippen LogP contribution in [0.15, 0.2) is 30.5 Å². The molecule has 0 saturated carbocycles. The van der Waals surface area contributed by atoms with Gasteiger partial charge in [-0.25, -0.2) is 4.68 Å². The smallest absolute Gasteiger partial charge is 0.375 e. The zero-order valence-electron chi connectivity index (χ0n) is 14.5. The first kappa shape index (κ1) is 20.2. The molecule has 0 unspecified atom stereocenters. The first-order chi connectivity index (χ1) is 13.0. The molecule has 0 bridgehead atoms. The molecule has 1 amide bonds. The van der Waals surface area contributed by atoms with Gasteiger partial charge in [0.25, 0.3) is 5.91 Å². The Bertz CT molecular complexity index is 875. The molecule has 1 atom stereocenters. The molecule has 5 nitrogen and oxygen atoms in total. The van der Waals surface area contributed by atoms with Crippen molar-refractivity contribution >= 4 is 5.91 Å². The standard InChI is InChI=1S/C17H15F6N3O2/c1-10-9-25(5-6-28-10)15(27)13-8-24-26(14(13)17(21,22)23)12-4-2-3-11(7-12)16(18,19)20/h2-4,7-8,10H,5-6,9H2,1H3/t10-/m1/s1. The van der Waals surface area contributed by atoms with Gasteiger partial charge in [-0.15, -0.1) is 0 Å². The van der Waals surface area contributed by atoms with Crippen LogP contribution in [-0.2, 0) is 17.1 Å². The summed E-state index contributed by atoms with van der Waals surface area (Å²) in [5, 5.41) is 3.56. The molecule has 1 aromatic carbocycles. The Balaban J connectivity index is 2.06. The summed E-state index contributed by atoms with van der Waals surface area (Å²) in [4.78, 5) is 13.8. The molecular weight excluding hydrogens is 392 g/mol.